The SMILES string of the molecule is C.I.I.P.P.S.S.[I-].[K+].[K+].[SH-]. The average Bonchev–Trinajstić information content (AvgIpc) is 0. The Bertz CT molecular complexity index is 24.5. The number of rotatable bonds is 0. The fourth-order valence-electron chi connectivity index (χ4n) is 0. The van der Waals surface area contributed by atoms with Gasteiger partial charge in [0.25, 0.3) is 0 Å². The van der Waals surface area contributed by atoms with Crippen LogP contribution in [0.5, 0.6) is 0 Å². The van der Waals surface area contributed by atoms with Gasteiger partial charge in [0.2, 0.25) is 0 Å². The maximum absolute atomic E-state index is 0. The molecule has 0 amide bonds. The second kappa shape index (κ2) is 85.7. The minimum absolute atomic E-state index is 0. The second-order valence-electron chi connectivity index (χ2n) is 0. The third-order valence-electron chi connectivity index (χ3n) is 0. The Balaban J connectivity index is 0. The molecule has 0 nitrogen and oxygen atoms in total. The van der Waals surface area contributed by atoms with Crippen LogP contribution in [0.2, 0.25) is 0 Å². The molecule has 0 spiro atoms. The summed E-state index contributed by atoms with van der Waals surface area (Å²) in [4.78, 5) is 0. The first-order valence-corrected chi connectivity index (χ1v) is 0. The minimum Gasteiger partial charge on any atom is -1.00 e. The zero-order valence-corrected chi connectivity index (χ0v) is 24.8. The number of hydrogen-bond donors (Lipinski definition) is 0. The van der Waals surface area contributed by atoms with E-state index in [1.807, 2.05) is 0 Å². The first-order valence-electron chi connectivity index (χ1n) is 0. The summed E-state index contributed by atoms with van der Waals surface area (Å²) in [5.41, 5.74) is 0. The van der Waals surface area contributed by atoms with Crippen molar-refractivity contribution in [3.05, 3.63) is 0 Å². The monoisotopic (exact) mass is 646 g/mol. The van der Waals surface area contributed by atoms with Crippen molar-refractivity contribution in [1.82, 2.24) is 0 Å². The van der Waals surface area contributed by atoms with Crippen molar-refractivity contribution in [2.45, 2.75) is 7.43 Å². The molecular weight excluding hydrogens is 629 g/mol. The van der Waals surface area contributed by atoms with Crippen LogP contribution in [-0.4, -0.2) is 0 Å². The molecule has 0 heterocycles. The molecule has 0 aliphatic heterocycles. The van der Waals surface area contributed by atoms with Gasteiger partial charge in [0.1, 0.15) is 0 Å². The predicted molar refractivity (Wildman–Crippen MR) is 89.3 cm³/mol. The van der Waals surface area contributed by atoms with E-state index in [0.29, 0.717) is 0 Å². The Hall–Kier alpha value is 7.37. The summed E-state index contributed by atoms with van der Waals surface area (Å²) in [5.74, 6) is 0. The maximum atomic E-state index is 0. The van der Waals surface area contributed by atoms with Crippen molar-refractivity contribution in [3.8, 4) is 0 Å². The van der Waals surface area contributed by atoms with Crippen LogP contribution >= 0.6 is 94.7 Å². The van der Waals surface area contributed by atoms with Gasteiger partial charge in [-0.1, -0.05) is 7.43 Å². The summed E-state index contributed by atoms with van der Waals surface area (Å²) in [6, 6.07) is 0. The molecule has 0 radical (unpaired) electrons. The van der Waals surface area contributed by atoms with Crippen LogP contribution in [0, 0.1) is 0 Å². The smallest absolute Gasteiger partial charge is 1.00 e. The Kier molecular flexibility index (Phi) is 795. The fraction of sp³-hybridized carbons (Fsp3) is 1.00. The van der Waals surface area contributed by atoms with Crippen molar-refractivity contribution in [1.29, 1.82) is 0 Å². The molecule has 2 atom stereocenters. The molecule has 0 fully saturated rings. The fourth-order valence-corrected chi connectivity index (χ4v) is 0. The van der Waals surface area contributed by atoms with Crippen molar-refractivity contribution < 1.29 is 127 Å². The maximum Gasteiger partial charge on any atom is 1.00 e. The van der Waals surface area contributed by atoms with E-state index >= 15 is 0 Å². The zero-order chi connectivity index (χ0) is 0. The van der Waals surface area contributed by atoms with Crippen LogP contribution in [0.4, 0.5) is 0 Å². The van der Waals surface area contributed by atoms with Gasteiger partial charge in [0.15, 0.2) is 0 Å². The van der Waals surface area contributed by atoms with Gasteiger partial charge in [-0.15, -0.1) is 48.0 Å². The molecule has 0 aromatic rings. The molecule has 0 aromatic carbocycles. The Morgan fingerprint density at radius 1 is 0.636 bits per heavy atom. The van der Waals surface area contributed by atoms with E-state index in [9.17, 15) is 0 Å². The molecule has 0 N–H and O–H groups in total. The van der Waals surface area contributed by atoms with Crippen LogP contribution in [-0.2, 0) is 13.5 Å². The topological polar surface area (TPSA) is 0 Å². The molecule has 0 saturated carbocycles. The van der Waals surface area contributed by atoms with Crippen LogP contribution in [0.15, 0.2) is 0 Å². The Labute approximate surface area is 235 Å². The van der Waals surface area contributed by atoms with Gasteiger partial charge in [-0.05, 0) is 0 Å². The van der Waals surface area contributed by atoms with Crippen LogP contribution in [0.1, 0.15) is 7.43 Å². The van der Waals surface area contributed by atoms with E-state index in [4.69, 9.17) is 0 Å². The summed E-state index contributed by atoms with van der Waals surface area (Å²) in [7, 11) is 0. The van der Waals surface area contributed by atoms with Crippen molar-refractivity contribution >= 4 is 108 Å². The van der Waals surface area contributed by atoms with Crippen molar-refractivity contribution in [2.24, 2.45) is 0 Å². The summed E-state index contributed by atoms with van der Waals surface area (Å²) >= 11 is 0. The van der Waals surface area contributed by atoms with E-state index in [2.05, 4.69) is 0 Å². The third-order valence-corrected chi connectivity index (χ3v) is 0. The molecule has 0 rings (SSSR count). The normalized spacial score (nSPS) is 0. The van der Waals surface area contributed by atoms with Gasteiger partial charge < -0.3 is 37.5 Å². The number of thiol groups is 1. The van der Waals surface area contributed by atoms with Gasteiger partial charge in [-0.25, -0.2) is 0 Å². The van der Waals surface area contributed by atoms with E-state index in [1.54, 1.807) is 0 Å². The van der Waals surface area contributed by atoms with Gasteiger partial charge >= 0.3 is 103 Å². The van der Waals surface area contributed by atoms with E-state index in [0.717, 1.165) is 0 Å². The van der Waals surface area contributed by atoms with Crippen LogP contribution < -0.4 is 127 Å². The molecule has 2 unspecified atom stereocenters. The molecule has 10 heteroatoms. The summed E-state index contributed by atoms with van der Waals surface area (Å²) < 4.78 is 0. The molecule has 0 saturated heterocycles. The minimum atomic E-state index is 0. The number of halogens is 3. The Morgan fingerprint density at radius 2 is 0.636 bits per heavy atom. The number of hydrogen-bond acceptors (Lipinski definition) is 1. The van der Waals surface area contributed by atoms with Gasteiger partial charge in [-0.2, -0.15) is 46.8 Å². The summed E-state index contributed by atoms with van der Waals surface area (Å²) in [6.45, 7) is 0. The van der Waals surface area contributed by atoms with Crippen LogP contribution in [0.3, 0.4) is 0 Å². The first-order chi connectivity index (χ1) is 0. The molecule has 11 heavy (non-hydrogen) atoms. The first kappa shape index (κ1) is 102. The quantitative estimate of drug-likeness (QED) is 0.0831. The second-order valence-corrected chi connectivity index (χ2v) is 0. The molecule has 72 valence electrons. The predicted octanol–water partition coefficient (Wildman–Crippen LogP) is -7.04. The van der Waals surface area contributed by atoms with Crippen molar-refractivity contribution in [2.75, 3.05) is 0 Å². The zero-order valence-electron chi connectivity index (χ0n) is 6.06. The van der Waals surface area contributed by atoms with E-state index in [1.165, 1.54) is 0 Å². The summed E-state index contributed by atoms with van der Waals surface area (Å²) in [5, 5.41) is 0. The van der Waals surface area contributed by atoms with E-state index < -0.39 is 0 Å². The average molecular weight is 646 g/mol. The summed E-state index contributed by atoms with van der Waals surface area (Å²) in [6.07, 6.45) is 0. The molecule has 0 aromatic heterocycles. The van der Waals surface area contributed by atoms with Crippen LogP contribution in [0.25, 0.3) is 0 Å². The third kappa shape index (κ3) is 75.5. The van der Waals surface area contributed by atoms with Crippen molar-refractivity contribution in [3.63, 3.8) is 0 Å². The molecule has 0 bridgehead atoms. The van der Waals surface area contributed by atoms with E-state index in [-0.39, 0.29) is 242 Å². The van der Waals surface area contributed by atoms with Gasteiger partial charge in [0, 0.05) is 0 Å². The van der Waals surface area contributed by atoms with Gasteiger partial charge in [0.05, 0.1) is 0 Å². The molecule has 0 aliphatic rings. The Morgan fingerprint density at radius 3 is 0.636 bits per heavy atom. The molecular formula is CH17I3K2P2S3. The molecule has 0 aliphatic carbocycles. The standard InChI is InChI=1S/CH4.3HI.2K.2H3P.3H2S/h1H4;3*1H;;;2*1H3;3*1H2/q;;;;2*+1;;;;;/p-2. The van der Waals surface area contributed by atoms with Gasteiger partial charge in [-0.3, -0.25) is 0 Å². The largest absolute Gasteiger partial charge is 1.00 e.